The first-order chi connectivity index (χ1) is 18.2. The lowest BCUT2D eigenvalue weighted by Gasteiger charge is -2.27. The number of halogens is 2. The lowest BCUT2D eigenvalue weighted by Crippen LogP contribution is -2.31. The molecule has 6 rings (SSSR count). The number of benzene rings is 2. The highest BCUT2D eigenvalue weighted by Gasteiger charge is 2.39. The van der Waals surface area contributed by atoms with Gasteiger partial charge in [0.25, 0.3) is 0 Å². The molecule has 8 nitrogen and oxygen atoms in total. The zero-order valence-corrected chi connectivity index (χ0v) is 21.4. The van der Waals surface area contributed by atoms with E-state index in [9.17, 15) is 18.4 Å². The van der Waals surface area contributed by atoms with Crippen molar-refractivity contribution in [2.75, 3.05) is 18.0 Å². The summed E-state index contributed by atoms with van der Waals surface area (Å²) in [6, 6.07) is 9.00. The summed E-state index contributed by atoms with van der Waals surface area (Å²) in [5.41, 5.74) is 4.52. The highest BCUT2D eigenvalue weighted by atomic mass is 19.2. The van der Waals surface area contributed by atoms with Gasteiger partial charge in [0.05, 0.1) is 28.8 Å². The van der Waals surface area contributed by atoms with Crippen molar-refractivity contribution in [2.24, 2.45) is 0 Å². The summed E-state index contributed by atoms with van der Waals surface area (Å²) >= 11 is 0. The van der Waals surface area contributed by atoms with Gasteiger partial charge in [-0.15, -0.1) is 0 Å². The summed E-state index contributed by atoms with van der Waals surface area (Å²) in [7, 11) is 0. The number of carbonyl (C=O) groups is 2. The first-order valence-corrected chi connectivity index (χ1v) is 12.7. The van der Waals surface area contributed by atoms with Crippen LogP contribution in [0.3, 0.4) is 0 Å². The minimum Gasteiger partial charge on any atom is -0.361 e. The van der Waals surface area contributed by atoms with Gasteiger partial charge in [-0.3, -0.25) is 9.59 Å². The van der Waals surface area contributed by atoms with Crippen LogP contribution in [0.2, 0.25) is 0 Å². The molecule has 2 saturated heterocycles. The van der Waals surface area contributed by atoms with E-state index in [1.807, 2.05) is 36.9 Å². The molecule has 38 heavy (non-hydrogen) atoms. The molecule has 2 atom stereocenters. The Balaban J connectivity index is 1.51. The molecule has 0 bridgehead atoms. The third-order valence-electron chi connectivity index (χ3n) is 7.70. The Morgan fingerprint density at radius 2 is 1.89 bits per heavy atom. The lowest BCUT2D eigenvalue weighted by atomic mass is 10.0. The minimum atomic E-state index is -1.01. The number of carbonyl (C=O) groups excluding carboxylic acids is 2. The predicted molar refractivity (Wildman–Crippen MR) is 136 cm³/mol. The summed E-state index contributed by atoms with van der Waals surface area (Å²) < 4.78 is 35.3. The SMILES string of the molecule is CC(=O)N1CCC(n2c(C3CCC(=O)N3c3ccc(F)c(F)c3)nc3cc(-c4c(C)noc4C)ccc32)C1. The van der Waals surface area contributed by atoms with Crippen LogP contribution in [-0.4, -0.2) is 44.5 Å². The molecular weight excluding hydrogens is 492 g/mol. The van der Waals surface area contributed by atoms with Crippen LogP contribution in [0.25, 0.3) is 22.2 Å². The van der Waals surface area contributed by atoms with E-state index < -0.39 is 17.7 Å². The highest BCUT2D eigenvalue weighted by molar-refractivity contribution is 5.96. The molecule has 4 heterocycles. The second-order valence-electron chi connectivity index (χ2n) is 10.1. The molecule has 0 spiro atoms. The van der Waals surface area contributed by atoms with E-state index >= 15 is 0 Å². The number of nitrogens with zero attached hydrogens (tertiary/aromatic N) is 5. The van der Waals surface area contributed by atoms with Gasteiger partial charge in [-0.2, -0.15) is 0 Å². The smallest absolute Gasteiger partial charge is 0.227 e. The number of rotatable bonds is 4. The molecular formula is C28H27F2N5O3. The normalized spacial score (nSPS) is 19.8. The molecule has 4 aromatic rings. The average molecular weight is 520 g/mol. The van der Waals surface area contributed by atoms with Crippen LogP contribution >= 0.6 is 0 Å². The maximum Gasteiger partial charge on any atom is 0.227 e. The van der Waals surface area contributed by atoms with Crippen LogP contribution in [0, 0.1) is 25.5 Å². The van der Waals surface area contributed by atoms with Gasteiger partial charge in [-0.25, -0.2) is 13.8 Å². The Labute approximate surface area is 217 Å². The number of likely N-dealkylation sites (tertiary alicyclic amines) is 1. The zero-order valence-electron chi connectivity index (χ0n) is 21.4. The Morgan fingerprint density at radius 3 is 2.58 bits per heavy atom. The van der Waals surface area contributed by atoms with Gasteiger partial charge >= 0.3 is 0 Å². The molecule has 2 fully saturated rings. The first-order valence-electron chi connectivity index (χ1n) is 12.7. The molecule has 2 aromatic heterocycles. The van der Waals surface area contributed by atoms with Crippen molar-refractivity contribution in [3.8, 4) is 11.1 Å². The number of amides is 2. The maximum atomic E-state index is 14.2. The fraction of sp³-hybridized carbons (Fsp3) is 0.357. The maximum absolute atomic E-state index is 14.2. The van der Waals surface area contributed by atoms with E-state index in [-0.39, 0.29) is 24.3 Å². The van der Waals surface area contributed by atoms with Crippen LogP contribution in [0.5, 0.6) is 0 Å². The number of hydrogen-bond acceptors (Lipinski definition) is 5. The molecule has 2 unspecified atom stereocenters. The summed E-state index contributed by atoms with van der Waals surface area (Å²) in [5.74, 6) is -0.758. The number of aryl methyl sites for hydroxylation is 2. The third-order valence-corrected chi connectivity index (χ3v) is 7.70. The van der Waals surface area contributed by atoms with Gasteiger partial charge in [0.15, 0.2) is 11.6 Å². The van der Waals surface area contributed by atoms with Gasteiger partial charge in [-0.1, -0.05) is 11.2 Å². The van der Waals surface area contributed by atoms with Crippen LogP contribution in [0.15, 0.2) is 40.9 Å². The molecule has 196 valence electrons. The van der Waals surface area contributed by atoms with Crippen molar-refractivity contribution >= 4 is 28.5 Å². The molecule has 0 radical (unpaired) electrons. The van der Waals surface area contributed by atoms with Crippen LogP contribution in [-0.2, 0) is 9.59 Å². The Bertz CT molecular complexity index is 1570. The summed E-state index contributed by atoms with van der Waals surface area (Å²) in [4.78, 5) is 33.5. The van der Waals surface area contributed by atoms with Gasteiger partial charge in [-0.05, 0) is 56.5 Å². The van der Waals surface area contributed by atoms with E-state index in [2.05, 4.69) is 9.72 Å². The van der Waals surface area contributed by atoms with E-state index in [0.29, 0.717) is 36.8 Å². The monoisotopic (exact) mass is 519 g/mol. The van der Waals surface area contributed by atoms with Crippen molar-refractivity contribution < 1.29 is 22.9 Å². The predicted octanol–water partition coefficient (Wildman–Crippen LogP) is 5.25. The molecule has 0 N–H and O–H groups in total. The second kappa shape index (κ2) is 9.04. The Hall–Kier alpha value is -4.08. The molecule has 2 aliphatic heterocycles. The Morgan fingerprint density at radius 1 is 1.08 bits per heavy atom. The van der Waals surface area contributed by atoms with Crippen LogP contribution < -0.4 is 4.90 Å². The number of hydrogen-bond donors (Lipinski definition) is 0. The van der Waals surface area contributed by atoms with Crippen molar-refractivity contribution in [3.05, 3.63) is 65.3 Å². The lowest BCUT2D eigenvalue weighted by molar-refractivity contribution is -0.127. The topological polar surface area (TPSA) is 84.5 Å². The standard InChI is InChI=1S/C28H27F2N5O3/c1-15-27(16(2)38-32-15)18-4-7-24-23(12-18)31-28(35(24)20-10-11-33(14-20)17(3)36)25-8-9-26(37)34(25)19-5-6-21(29)22(30)13-19/h4-7,12-13,20,25H,8-11,14H2,1-3H3. The van der Waals surface area contributed by atoms with Crippen molar-refractivity contribution in [1.82, 2.24) is 19.6 Å². The van der Waals surface area contributed by atoms with Crippen molar-refractivity contribution in [1.29, 1.82) is 0 Å². The van der Waals surface area contributed by atoms with Gasteiger partial charge in [0.2, 0.25) is 11.8 Å². The average Bonchev–Trinajstić information content (AvgIpc) is 3.65. The molecule has 10 heteroatoms. The van der Waals surface area contributed by atoms with Crippen LogP contribution in [0.4, 0.5) is 14.5 Å². The molecule has 2 aromatic carbocycles. The molecule has 0 aliphatic carbocycles. The third kappa shape index (κ3) is 3.86. The summed E-state index contributed by atoms with van der Waals surface area (Å²) in [5, 5.41) is 4.07. The van der Waals surface area contributed by atoms with E-state index in [1.54, 1.807) is 6.92 Å². The molecule has 2 aliphatic rings. The van der Waals surface area contributed by atoms with E-state index in [4.69, 9.17) is 9.51 Å². The van der Waals surface area contributed by atoms with Gasteiger partial charge in [0.1, 0.15) is 11.6 Å². The fourth-order valence-corrected chi connectivity index (χ4v) is 5.91. The van der Waals surface area contributed by atoms with E-state index in [0.717, 1.165) is 46.4 Å². The molecule has 2 amide bonds. The van der Waals surface area contributed by atoms with Gasteiger partial charge < -0.3 is 18.9 Å². The summed E-state index contributed by atoms with van der Waals surface area (Å²) in [6.07, 6.45) is 1.50. The van der Waals surface area contributed by atoms with Crippen LogP contribution in [0.1, 0.15) is 55.5 Å². The number of aromatic nitrogens is 3. The number of fused-ring (bicyclic) bond motifs is 1. The minimum absolute atomic E-state index is 0.0126. The van der Waals surface area contributed by atoms with Crippen molar-refractivity contribution in [3.63, 3.8) is 0 Å². The fourth-order valence-electron chi connectivity index (χ4n) is 5.91. The van der Waals surface area contributed by atoms with Crippen molar-refractivity contribution in [2.45, 2.75) is 52.1 Å². The largest absolute Gasteiger partial charge is 0.361 e. The second-order valence-corrected chi connectivity index (χ2v) is 10.1. The quantitative estimate of drug-likeness (QED) is 0.368. The summed E-state index contributed by atoms with van der Waals surface area (Å²) in [6.45, 7) is 6.48. The van der Waals surface area contributed by atoms with E-state index in [1.165, 1.54) is 11.0 Å². The van der Waals surface area contributed by atoms with Gasteiger partial charge in [0, 0.05) is 43.8 Å². The number of imidazole rings is 1. The highest BCUT2D eigenvalue weighted by Crippen LogP contribution is 2.41. The molecule has 0 saturated carbocycles. The first kappa shape index (κ1) is 24.3. The Kier molecular flexibility index (Phi) is 5.77. The zero-order chi connectivity index (χ0) is 26.7. The number of anilines is 1.